The average molecular weight is 230 g/mol. The molecule has 1 aliphatic heterocycles. The molecule has 0 aliphatic carbocycles. The Balaban J connectivity index is 1.89. The van der Waals surface area contributed by atoms with Crippen LogP contribution in [-0.2, 0) is 0 Å². The Kier molecular flexibility index (Phi) is 2.57. The standard InChI is InChI=1S/C13H14N2O2/c16-11-3-1-2-9(6-11)13-15-8-12(17-13)10-4-5-14-7-10/h1-3,6,8,10,14,16H,4-5,7H2. The molecule has 1 saturated heterocycles. The number of phenolic OH excluding ortho intramolecular Hbond substituents is 1. The molecule has 88 valence electrons. The highest BCUT2D eigenvalue weighted by Gasteiger charge is 2.20. The highest BCUT2D eigenvalue weighted by Crippen LogP contribution is 2.28. The van der Waals surface area contributed by atoms with Crippen LogP contribution >= 0.6 is 0 Å². The van der Waals surface area contributed by atoms with Crippen molar-refractivity contribution in [3.05, 3.63) is 36.2 Å². The lowest BCUT2D eigenvalue weighted by atomic mass is 10.1. The maximum absolute atomic E-state index is 9.41. The van der Waals surface area contributed by atoms with Crippen LogP contribution in [-0.4, -0.2) is 23.2 Å². The van der Waals surface area contributed by atoms with Gasteiger partial charge in [0, 0.05) is 18.0 Å². The highest BCUT2D eigenvalue weighted by atomic mass is 16.4. The van der Waals surface area contributed by atoms with Gasteiger partial charge in [-0.05, 0) is 31.2 Å². The number of nitrogens with one attached hydrogen (secondary N) is 1. The SMILES string of the molecule is Oc1cccc(-c2ncc(C3CCNC3)o2)c1. The maximum atomic E-state index is 9.41. The molecule has 0 radical (unpaired) electrons. The van der Waals surface area contributed by atoms with Gasteiger partial charge in [0.15, 0.2) is 0 Å². The van der Waals surface area contributed by atoms with Crippen molar-refractivity contribution in [2.75, 3.05) is 13.1 Å². The third kappa shape index (κ3) is 2.03. The van der Waals surface area contributed by atoms with E-state index in [0.29, 0.717) is 11.8 Å². The van der Waals surface area contributed by atoms with E-state index in [4.69, 9.17) is 4.42 Å². The molecule has 3 rings (SSSR count). The number of aromatic nitrogens is 1. The number of aromatic hydroxyl groups is 1. The van der Waals surface area contributed by atoms with E-state index >= 15 is 0 Å². The Labute approximate surface area is 99.3 Å². The summed E-state index contributed by atoms with van der Waals surface area (Å²) in [5.41, 5.74) is 0.808. The zero-order valence-electron chi connectivity index (χ0n) is 9.39. The number of phenols is 1. The fraction of sp³-hybridized carbons (Fsp3) is 0.308. The van der Waals surface area contributed by atoms with Gasteiger partial charge in [-0.25, -0.2) is 4.98 Å². The van der Waals surface area contributed by atoms with Gasteiger partial charge in [0.2, 0.25) is 5.89 Å². The first-order chi connectivity index (χ1) is 8.33. The van der Waals surface area contributed by atoms with Gasteiger partial charge in [0.1, 0.15) is 11.5 Å². The van der Waals surface area contributed by atoms with E-state index in [1.807, 2.05) is 6.07 Å². The molecule has 0 saturated carbocycles. The molecule has 1 atom stereocenters. The molecule has 1 aliphatic rings. The van der Waals surface area contributed by atoms with Gasteiger partial charge in [0.05, 0.1) is 6.20 Å². The second-order valence-electron chi connectivity index (χ2n) is 4.31. The molecule has 4 heteroatoms. The van der Waals surface area contributed by atoms with Gasteiger partial charge in [0.25, 0.3) is 0 Å². The first-order valence-corrected chi connectivity index (χ1v) is 5.79. The molecule has 2 N–H and O–H groups in total. The van der Waals surface area contributed by atoms with Crippen LogP contribution in [0.15, 0.2) is 34.9 Å². The van der Waals surface area contributed by atoms with Crippen molar-refractivity contribution in [1.29, 1.82) is 0 Å². The molecular weight excluding hydrogens is 216 g/mol. The molecule has 17 heavy (non-hydrogen) atoms. The van der Waals surface area contributed by atoms with Crippen LogP contribution in [0.1, 0.15) is 18.1 Å². The number of nitrogens with zero attached hydrogens (tertiary/aromatic N) is 1. The summed E-state index contributed by atoms with van der Waals surface area (Å²) in [4.78, 5) is 4.27. The third-order valence-corrected chi connectivity index (χ3v) is 3.08. The summed E-state index contributed by atoms with van der Waals surface area (Å²) in [5.74, 6) is 2.15. The van der Waals surface area contributed by atoms with Crippen LogP contribution in [0.3, 0.4) is 0 Å². The van der Waals surface area contributed by atoms with E-state index < -0.39 is 0 Å². The predicted octanol–water partition coefficient (Wildman–Crippen LogP) is 2.12. The zero-order chi connectivity index (χ0) is 11.7. The van der Waals surface area contributed by atoms with Crippen LogP contribution in [0.2, 0.25) is 0 Å². The van der Waals surface area contributed by atoms with E-state index in [0.717, 1.165) is 30.8 Å². The zero-order valence-corrected chi connectivity index (χ0v) is 9.39. The molecule has 2 aromatic rings. The van der Waals surface area contributed by atoms with Gasteiger partial charge in [-0.15, -0.1) is 0 Å². The normalized spacial score (nSPS) is 19.6. The number of rotatable bonds is 2. The lowest BCUT2D eigenvalue weighted by Gasteiger charge is -2.02. The molecule has 1 aromatic heterocycles. The van der Waals surface area contributed by atoms with Gasteiger partial charge < -0.3 is 14.8 Å². The lowest BCUT2D eigenvalue weighted by molar-refractivity contribution is 0.471. The van der Waals surface area contributed by atoms with Crippen molar-refractivity contribution in [3.63, 3.8) is 0 Å². The van der Waals surface area contributed by atoms with Crippen LogP contribution in [0.4, 0.5) is 0 Å². The minimum Gasteiger partial charge on any atom is -0.508 e. The highest BCUT2D eigenvalue weighted by molar-refractivity contribution is 5.55. The second-order valence-corrected chi connectivity index (χ2v) is 4.31. The summed E-state index contributed by atoms with van der Waals surface area (Å²) >= 11 is 0. The largest absolute Gasteiger partial charge is 0.508 e. The number of oxazole rings is 1. The lowest BCUT2D eigenvalue weighted by Crippen LogP contribution is -2.07. The monoisotopic (exact) mass is 230 g/mol. The van der Waals surface area contributed by atoms with Gasteiger partial charge >= 0.3 is 0 Å². The molecule has 0 spiro atoms. The van der Waals surface area contributed by atoms with E-state index in [1.54, 1.807) is 24.4 Å². The molecule has 0 bridgehead atoms. The van der Waals surface area contributed by atoms with Gasteiger partial charge in [-0.2, -0.15) is 0 Å². The number of hydrogen-bond acceptors (Lipinski definition) is 4. The Hall–Kier alpha value is -1.81. The van der Waals surface area contributed by atoms with E-state index in [-0.39, 0.29) is 5.75 Å². The number of hydrogen-bond donors (Lipinski definition) is 2. The Bertz CT molecular complexity index is 516. The Morgan fingerprint density at radius 1 is 1.41 bits per heavy atom. The van der Waals surface area contributed by atoms with Crippen LogP contribution in [0.5, 0.6) is 5.75 Å². The van der Waals surface area contributed by atoms with Crippen molar-refractivity contribution >= 4 is 0 Å². The van der Waals surface area contributed by atoms with E-state index in [2.05, 4.69) is 10.3 Å². The molecule has 0 amide bonds. The van der Waals surface area contributed by atoms with Gasteiger partial charge in [-0.3, -0.25) is 0 Å². The Morgan fingerprint density at radius 3 is 3.12 bits per heavy atom. The minimum atomic E-state index is 0.227. The number of benzene rings is 1. The van der Waals surface area contributed by atoms with Crippen LogP contribution in [0, 0.1) is 0 Å². The van der Waals surface area contributed by atoms with Crippen molar-refractivity contribution in [2.45, 2.75) is 12.3 Å². The van der Waals surface area contributed by atoms with Crippen LogP contribution < -0.4 is 5.32 Å². The molecule has 4 nitrogen and oxygen atoms in total. The van der Waals surface area contributed by atoms with E-state index in [9.17, 15) is 5.11 Å². The van der Waals surface area contributed by atoms with Crippen molar-refractivity contribution in [1.82, 2.24) is 10.3 Å². The van der Waals surface area contributed by atoms with Crippen molar-refractivity contribution < 1.29 is 9.52 Å². The summed E-state index contributed by atoms with van der Waals surface area (Å²) in [6.07, 6.45) is 2.88. The summed E-state index contributed by atoms with van der Waals surface area (Å²) in [6.45, 7) is 1.99. The van der Waals surface area contributed by atoms with Crippen molar-refractivity contribution in [3.8, 4) is 17.2 Å². The predicted molar refractivity (Wildman–Crippen MR) is 63.8 cm³/mol. The smallest absolute Gasteiger partial charge is 0.226 e. The molecule has 1 aromatic carbocycles. The van der Waals surface area contributed by atoms with Gasteiger partial charge in [-0.1, -0.05) is 6.07 Å². The second kappa shape index (κ2) is 4.22. The molecule has 1 unspecified atom stereocenters. The van der Waals surface area contributed by atoms with E-state index in [1.165, 1.54) is 0 Å². The molecule has 1 fully saturated rings. The average Bonchev–Trinajstić information content (AvgIpc) is 3.00. The fourth-order valence-electron chi connectivity index (χ4n) is 2.15. The maximum Gasteiger partial charge on any atom is 0.226 e. The third-order valence-electron chi connectivity index (χ3n) is 3.08. The first-order valence-electron chi connectivity index (χ1n) is 5.79. The minimum absolute atomic E-state index is 0.227. The first kappa shape index (κ1) is 10.4. The van der Waals surface area contributed by atoms with Crippen LogP contribution in [0.25, 0.3) is 11.5 Å². The summed E-state index contributed by atoms with van der Waals surface area (Å²) in [7, 11) is 0. The molecule has 2 heterocycles. The topological polar surface area (TPSA) is 58.3 Å². The summed E-state index contributed by atoms with van der Waals surface area (Å²) in [5, 5.41) is 12.7. The quantitative estimate of drug-likeness (QED) is 0.829. The molecular formula is C13H14N2O2. The summed E-state index contributed by atoms with van der Waals surface area (Å²) in [6, 6.07) is 6.95. The Morgan fingerprint density at radius 2 is 2.35 bits per heavy atom. The summed E-state index contributed by atoms with van der Waals surface area (Å²) < 4.78 is 5.75. The fourth-order valence-corrected chi connectivity index (χ4v) is 2.15. The van der Waals surface area contributed by atoms with Crippen molar-refractivity contribution in [2.24, 2.45) is 0 Å².